The Morgan fingerprint density at radius 2 is 2.09 bits per heavy atom. The van der Waals surface area contributed by atoms with Crippen LogP contribution in [0.3, 0.4) is 0 Å². The van der Waals surface area contributed by atoms with Crippen molar-refractivity contribution in [3.05, 3.63) is 47.2 Å². The van der Waals surface area contributed by atoms with Crippen molar-refractivity contribution in [3.63, 3.8) is 0 Å². The summed E-state index contributed by atoms with van der Waals surface area (Å²) in [6, 6.07) is 3.64. The Labute approximate surface area is 126 Å². The van der Waals surface area contributed by atoms with Gasteiger partial charge in [-0.3, -0.25) is 14.3 Å². The number of nitrogens with zero attached hydrogens (tertiary/aromatic N) is 5. The zero-order valence-corrected chi connectivity index (χ0v) is 12.6. The Morgan fingerprint density at radius 1 is 1.32 bits per heavy atom. The molecule has 0 N–H and O–H groups in total. The average Bonchev–Trinajstić information content (AvgIpc) is 3.00. The Balaban J connectivity index is 1.92. The van der Waals surface area contributed by atoms with E-state index < -0.39 is 0 Å². The Morgan fingerprint density at radius 3 is 2.82 bits per heavy atom. The van der Waals surface area contributed by atoms with E-state index in [4.69, 9.17) is 0 Å². The number of carbonyl (C=O) groups is 2. The van der Waals surface area contributed by atoms with Crippen molar-refractivity contribution in [1.82, 2.24) is 24.4 Å². The van der Waals surface area contributed by atoms with Gasteiger partial charge in [0.15, 0.2) is 17.2 Å². The van der Waals surface area contributed by atoms with Crippen LogP contribution in [0.5, 0.6) is 0 Å². The molecule has 7 heteroatoms. The summed E-state index contributed by atoms with van der Waals surface area (Å²) in [5.74, 6) is 0.361. The van der Waals surface area contributed by atoms with E-state index in [1.54, 1.807) is 17.8 Å². The van der Waals surface area contributed by atoms with Gasteiger partial charge in [0.25, 0.3) is 0 Å². The van der Waals surface area contributed by atoms with Crippen molar-refractivity contribution >= 4 is 17.2 Å². The van der Waals surface area contributed by atoms with Crippen molar-refractivity contribution in [3.8, 4) is 0 Å². The number of fused-ring (bicyclic) bond motifs is 1. The van der Waals surface area contributed by atoms with Gasteiger partial charge >= 0.3 is 0 Å². The first-order chi connectivity index (χ1) is 10.5. The molecular formula is C15H15N5O2. The normalized spacial score (nSPS) is 11.0. The second-order valence-corrected chi connectivity index (χ2v) is 5.18. The molecule has 0 spiro atoms. The fraction of sp³-hybridized carbons (Fsp3) is 0.267. The first kappa shape index (κ1) is 14.1. The number of Topliss-reactive ketones (excluding diaryl/α,β-unsaturated/α-hetero) is 2. The van der Waals surface area contributed by atoms with E-state index in [1.165, 1.54) is 17.8 Å². The van der Waals surface area contributed by atoms with Crippen LogP contribution in [-0.4, -0.2) is 35.9 Å². The predicted molar refractivity (Wildman–Crippen MR) is 79.0 cm³/mol. The molecule has 0 fully saturated rings. The first-order valence-electron chi connectivity index (χ1n) is 6.84. The van der Waals surface area contributed by atoms with Crippen molar-refractivity contribution < 1.29 is 9.59 Å². The maximum atomic E-state index is 12.5. The lowest BCUT2D eigenvalue weighted by Crippen LogP contribution is -2.13. The second-order valence-electron chi connectivity index (χ2n) is 5.18. The Hall–Kier alpha value is -2.83. The summed E-state index contributed by atoms with van der Waals surface area (Å²) in [7, 11) is 1.66. The van der Waals surface area contributed by atoms with Crippen LogP contribution >= 0.6 is 0 Å². The van der Waals surface area contributed by atoms with Gasteiger partial charge in [0.2, 0.25) is 0 Å². The fourth-order valence-corrected chi connectivity index (χ4v) is 2.44. The maximum Gasteiger partial charge on any atom is 0.185 e. The molecule has 0 atom stereocenters. The highest BCUT2D eigenvalue weighted by atomic mass is 16.1. The summed E-state index contributed by atoms with van der Waals surface area (Å²) >= 11 is 0. The predicted octanol–water partition coefficient (Wildman–Crippen LogP) is 1.40. The molecule has 0 unspecified atom stereocenters. The highest BCUT2D eigenvalue weighted by Gasteiger charge is 2.20. The van der Waals surface area contributed by atoms with E-state index in [0.29, 0.717) is 22.7 Å². The summed E-state index contributed by atoms with van der Waals surface area (Å²) < 4.78 is 3.10. The zero-order chi connectivity index (χ0) is 15.9. The van der Waals surface area contributed by atoms with Gasteiger partial charge in [0, 0.05) is 19.7 Å². The highest BCUT2D eigenvalue weighted by Crippen LogP contribution is 2.14. The lowest BCUT2D eigenvalue weighted by Gasteiger charge is -2.04. The monoisotopic (exact) mass is 297 g/mol. The fourth-order valence-electron chi connectivity index (χ4n) is 2.44. The highest BCUT2D eigenvalue weighted by molar-refractivity contribution is 6.07. The van der Waals surface area contributed by atoms with Gasteiger partial charge in [-0.15, -0.1) is 0 Å². The molecule has 0 bridgehead atoms. The number of hydrogen-bond acceptors (Lipinski definition) is 5. The van der Waals surface area contributed by atoms with Crippen LogP contribution in [0.15, 0.2) is 24.5 Å². The lowest BCUT2D eigenvalue weighted by molar-refractivity contribution is 0.0962. The van der Waals surface area contributed by atoms with Gasteiger partial charge in [-0.1, -0.05) is 0 Å². The molecule has 3 aromatic rings. The third-order valence-electron chi connectivity index (χ3n) is 3.45. The molecule has 0 aliphatic carbocycles. The molecule has 112 valence electrons. The van der Waals surface area contributed by atoms with E-state index in [0.717, 1.165) is 5.56 Å². The second kappa shape index (κ2) is 5.18. The molecule has 7 nitrogen and oxygen atoms in total. The molecule has 3 aromatic heterocycles. The van der Waals surface area contributed by atoms with Crippen LogP contribution in [0.1, 0.15) is 39.2 Å². The third-order valence-corrected chi connectivity index (χ3v) is 3.45. The molecule has 3 heterocycles. The van der Waals surface area contributed by atoms with Crippen molar-refractivity contribution in [1.29, 1.82) is 0 Å². The maximum absolute atomic E-state index is 12.5. The Bertz CT molecular complexity index is 891. The van der Waals surface area contributed by atoms with Crippen LogP contribution in [0.2, 0.25) is 0 Å². The summed E-state index contributed by atoms with van der Waals surface area (Å²) in [5.41, 5.74) is 2.21. The molecule has 0 aliphatic heterocycles. The van der Waals surface area contributed by atoms with Crippen LogP contribution in [-0.2, 0) is 13.5 Å². The van der Waals surface area contributed by atoms with Crippen LogP contribution in [0.25, 0.3) is 5.65 Å². The third kappa shape index (κ3) is 2.41. The minimum absolute atomic E-state index is 0.147. The molecule has 0 radical (unpaired) electrons. The van der Waals surface area contributed by atoms with Crippen LogP contribution in [0, 0.1) is 6.92 Å². The van der Waals surface area contributed by atoms with Crippen molar-refractivity contribution in [2.75, 3.05) is 0 Å². The van der Waals surface area contributed by atoms with E-state index in [2.05, 4.69) is 15.2 Å². The summed E-state index contributed by atoms with van der Waals surface area (Å²) in [6.45, 7) is 3.24. The van der Waals surface area contributed by atoms with Crippen molar-refractivity contribution in [2.45, 2.75) is 20.3 Å². The Kier molecular flexibility index (Phi) is 3.32. The van der Waals surface area contributed by atoms with E-state index in [-0.39, 0.29) is 18.0 Å². The molecule has 3 rings (SSSR count). The number of rotatable bonds is 4. The van der Waals surface area contributed by atoms with Crippen LogP contribution < -0.4 is 0 Å². The number of carbonyl (C=O) groups excluding carboxylic acids is 2. The first-order valence-corrected chi connectivity index (χ1v) is 6.84. The van der Waals surface area contributed by atoms with Gasteiger partial charge in [0.1, 0.15) is 11.5 Å². The minimum atomic E-state index is -0.167. The number of hydrogen-bond donors (Lipinski definition) is 0. The quantitative estimate of drug-likeness (QED) is 0.680. The summed E-state index contributed by atoms with van der Waals surface area (Å²) in [6.07, 6.45) is 3.38. The molecule has 0 amide bonds. The zero-order valence-electron chi connectivity index (χ0n) is 12.6. The topological polar surface area (TPSA) is 82.2 Å². The summed E-state index contributed by atoms with van der Waals surface area (Å²) in [5, 5.41) is 8.20. The smallest absolute Gasteiger partial charge is 0.185 e. The van der Waals surface area contributed by atoms with E-state index >= 15 is 0 Å². The summed E-state index contributed by atoms with van der Waals surface area (Å²) in [4.78, 5) is 28.4. The molecule has 0 saturated heterocycles. The lowest BCUT2D eigenvalue weighted by atomic mass is 10.0. The number of aromatic nitrogens is 5. The van der Waals surface area contributed by atoms with Gasteiger partial charge in [-0.05, 0) is 31.5 Å². The largest absolute Gasteiger partial charge is 0.294 e. The molecule has 0 saturated carbocycles. The molecule has 22 heavy (non-hydrogen) atoms. The average molecular weight is 297 g/mol. The SMILES string of the molecule is CC(=O)c1cnn(C)c1C(=O)Cc1ccn2nc(C)nc2c1. The van der Waals surface area contributed by atoms with Crippen LogP contribution in [0.4, 0.5) is 0 Å². The van der Waals surface area contributed by atoms with Gasteiger partial charge in [-0.25, -0.2) is 9.50 Å². The molecule has 0 aliphatic rings. The van der Waals surface area contributed by atoms with E-state index in [1.807, 2.05) is 19.1 Å². The van der Waals surface area contributed by atoms with Gasteiger partial charge in [-0.2, -0.15) is 10.2 Å². The molecular weight excluding hydrogens is 282 g/mol. The molecule has 0 aromatic carbocycles. The minimum Gasteiger partial charge on any atom is -0.294 e. The number of ketones is 2. The van der Waals surface area contributed by atoms with E-state index in [9.17, 15) is 9.59 Å². The van der Waals surface area contributed by atoms with Gasteiger partial charge in [0.05, 0.1) is 11.8 Å². The number of aryl methyl sites for hydroxylation is 2. The van der Waals surface area contributed by atoms with Crippen molar-refractivity contribution in [2.24, 2.45) is 7.05 Å². The number of pyridine rings is 1. The standard InChI is InChI=1S/C15H15N5O2/c1-9(21)12-8-16-19(3)15(12)13(22)6-11-4-5-20-14(7-11)17-10(2)18-20/h4-5,7-8H,6H2,1-3H3. The van der Waals surface area contributed by atoms with Gasteiger partial charge < -0.3 is 0 Å².